The Balaban J connectivity index is 2.53. The van der Waals surface area contributed by atoms with Crippen LogP contribution in [0.3, 0.4) is 0 Å². The van der Waals surface area contributed by atoms with Crippen molar-refractivity contribution in [2.45, 2.75) is 18.9 Å². The number of piperidine rings is 1. The Morgan fingerprint density at radius 1 is 1.71 bits per heavy atom. The second-order valence-electron chi connectivity index (χ2n) is 3.51. The zero-order chi connectivity index (χ0) is 12.8. The molecule has 1 fully saturated rings. The molecule has 0 saturated carbocycles. The highest BCUT2D eigenvalue weighted by molar-refractivity contribution is 5.80. The van der Waals surface area contributed by atoms with Gasteiger partial charge in [-0.1, -0.05) is 6.58 Å². The lowest BCUT2D eigenvalue weighted by Crippen LogP contribution is -2.49. The van der Waals surface area contributed by atoms with E-state index in [0.29, 0.717) is 17.1 Å². The quantitative estimate of drug-likeness (QED) is 0.555. The molecule has 0 spiro atoms. The van der Waals surface area contributed by atoms with Crippen molar-refractivity contribution >= 4 is 11.9 Å². The molecule has 7 nitrogen and oxygen atoms in total. The molecular formula is C9H13FN4O3. The molecule has 1 heterocycles. The number of carbonyl (C=O) groups excluding carboxylic acids is 2. The van der Waals surface area contributed by atoms with Crippen LogP contribution in [0, 0.1) is 4.91 Å². The van der Waals surface area contributed by atoms with Gasteiger partial charge in [0, 0.05) is 12.1 Å². The van der Waals surface area contributed by atoms with E-state index in [4.69, 9.17) is 0 Å². The highest BCUT2D eigenvalue weighted by Gasteiger charge is 2.25. The van der Waals surface area contributed by atoms with Gasteiger partial charge in [-0.05, 0) is 6.42 Å². The highest BCUT2D eigenvalue weighted by Crippen LogP contribution is 2.11. The summed E-state index contributed by atoms with van der Waals surface area (Å²) in [5, 5.41) is 7.76. The van der Waals surface area contributed by atoms with Crippen molar-refractivity contribution in [2.75, 3.05) is 13.2 Å². The zero-order valence-corrected chi connectivity index (χ0v) is 9.11. The van der Waals surface area contributed by atoms with Crippen LogP contribution in [0.2, 0.25) is 0 Å². The van der Waals surface area contributed by atoms with Crippen LogP contribution in [0.5, 0.6) is 0 Å². The van der Waals surface area contributed by atoms with E-state index in [1.165, 1.54) is 0 Å². The number of urea groups is 1. The van der Waals surface area contributed by atoms with Gasteiger partial charge < -0.3 is 10.6 Å². The van der Waals surface area contributed by atoms with E-state index in [2.05, 4.69) is 22.5 Å². The van der Waals surface area contributed by atoms with Gasteiger partial charge in [-0.15, -0.1) is 4.91 Å². The van der Waals surface area contributed by atoms with Crippen LogP contribution >= 0.6 is 0 Å². The summed E-state index contributed by atoms with van der Waals surface area (Å²) < 4.78 is 12.0. The standard InChI is InChI=1S/C9H13FN4O3/c1-6-7(2-3-8(15)11-6)12-9(16)14(13-17)5-4-10/h7H,1-5H2,(H,11,15)(H,12,16). The van der Waals surface area contributed by atoms with Gasteiger partial charge in [-0.3, -0.25) is 4.79 Å². The topological polar surface area (TPSA) is 90.9 Å². The van der Waals surface area contributed by atoms with Crippen molar-refractivity contribution in [2.24, 2.45) is 5.29 Å². The van der Waals surface area contributed by atoms with E-state index >= 15 is 0 Å². The fourth-order valence-corrected chi connectivity index (χ4v) is 1.42. The number of hydrogen-bond donors (Lipinski definition) is 2. The minimum Gasteiger partial charge on any atom is -0.328 e. The van der Waals surface area contributed by atoms with Crippen LogP contribution in [0.1, 0.15) is 12.8 Å². The molecule has 1 unspecified atom stereocenters. The Morgan fingerprint density at radius 2 is 2.41 bits per heavy atom. The smallest absolute Gasteiger partial charge is 0.328 e. The van der Waals surface area contributed by atoms with Gasteiger partial charge in [0.05, 0.1) is 17.9 Å². The Labute approximate surface area is 97.0 Å². The lowest BCUT2D eigenvalue weighted by molar-refractivity contribution is -0.121. The molecule has 17 heavy (non-hydrogen) atoms. The maximum absolute atomic E-state index is 12.0. The number of nitroso groups, excluding NO2 is 1. The van der Waals surface area contributed by atoms with Gasteiger partial charge in [0.1, 0.15) is 6.67 Å². The SMILES string of the molecule is C=C1NC(=O)CCC1NC(=O)N(CCF)N=O. The van der Waals surface area contributed by atoms with E-state index in [1.54, 1.807) is 0 Å². The Hall–Kier alpha value is -1.99. The van der Waals surface area contributed by atoms with Crippen molar-refractivity contribution in [3.8, 4) is 0 Å². The third-order valence-corrected chi connectivity index (χ3v) is 2.31. The van der Waals surface area contributed by atoms with E-state index < -0.39 is 25.3 Å². The maximum Gasteiger partial charge on any atom is 0.341 e. The number of amides is 3. The summed E-state index contributed by atoms with van der Waals surface area (Å²) in [5.41, 5.74) is 0.348. The van der Waals surface area contributed by atoms with E-state index in [9.17, 15) is 18.9 Å². The summed E-state index contributed by atoms with van der Waals surface area (Å²) >= 11 is 0. The summed E-state index contributed by atoms with van der Waals surface area (Å²) in [6.45, 7) is 2.32. The fraction of sp³-hybridized carbons (Fsp3) is 0.556. The molecule has 0 aromatic heterocycles. The first-order valence-electron chi connectivity index (χ1n) is 5.04. The number of hydrogen-bond acceptors (Lipinski definition) is 4. The normalized spacial score (nSPS) is 19.5. The summed E-state index contributed by atoms with van der Waals surface area (Å²) in [7, 11) is 0. The van der Waals surface area contributed by atoms with E-state index in [0.717, 1.165) is 0 Å². The van der Waals surface area contributed by atoms with Crippen molar-refractivity contribution in [3.63, 3.8) is 0 Å². The van der Waals surface area contributed by atoms with E-state index in [1.807, 2.05) is 0 Å². The minimum absolute atomic E-state index is 0.172. The Morgan fingerprint density at radius 3 is 2.94 bits per heavy atom. The Bertz CT molecular complexity index is 347. The summed E-state index contributed by atoms with van der Waals surface area (Å²) in [4.78, 5) is 32.7. The van der Waals surface area contributed by atoms with Crippen LogP contribution < -0.4 is 10.6 Å². The first-order chi connectivity index (χ1) is 8.08. The van der Waals surface area contributed by atoms with Crippen molar-refractivity contribution in [1.82, 2.24) is 15.6 Å². The average Bonchev–Trinajstić information content (AvgIpc) is 2.29. The monoisotopic (exact) mass is 244 g/mol. The molecule has 3 amide bonds. The molecule has 0 aromatic carbocycles. The second-order valence-corrected chi connectivity index (χ2v) is 3.51. The number of rotatable bonds is 4. The highest BCUT2D eigenvalue weighted by atomic mass is 19.1. The van der Waals surface area contributed by atoms with Gasteiger partial charge in [0.25, 0.3) is 0 Å². The number of nitrogens with zero attached hydrogens (tertiary/aromatic N) is 2. The van der Waals surface area contributed by atoms with Crippen LogP contribution in [0.4, 0.5) is 9.18 Å². The first kappa shape index (κ1) is 13.1. The third kappa shape index (κ3) is 3.51. The number of halogens is 1. The molecular weight excluding hydrogens is 231 g/mol. The van der Waals surface area contributed by atoms with Gasteiger partial charge in [0.2, 0.25) is 5.91 Å². The average molecular weight is 244 g/mol. The predicted molar refractivity (Wildman–Crippen MR) is 57.3 cm³/mol. The molecule has 0 aromatic rings. The first-order valence-corrected chi connectivity index (χ1v) is 5.04. The molecule has 1 rings (SSSR count). The van der Waals surface area contributed by atoms with Crippen LogP contribution in [-0.2, 0) is 4.79 Å². The zero-order valence-electron chi connectivity index (χ0n) is 9.11. The van der Waals surface area contributed by atoms with Crippen LogP contribution in [0.25, 0.3) is 0 Å². The van der Waals surface area contributed by atoms with Gasteiger partial charge in [-0.2, -0.15) is 5.01 Å². The lowest BCUT2D eigenvalue weighted by Gasteiger charge is -2.26. The molecule has 1 aliphatic rings. The van der Waals surface area contributed by atoms with Crippen LogP contribution in [0.15, 0.2) is 17.6 Å². The van der Waals surface area contributed by atoms with Crippen molar-refractivity contribution in [3.05, 3.63) is 17.2 Å². The fourth-order valence-electron chi connectivity index (χ4n) is 1.42. The van der Waals surface area contributed by atoms with Gasteiger partial charge in [-0.25, -0.2) is 9.18 Å². The summed E-state index contributed by atoms with van der Waals surface area (Å²) in [5.74, 6) is -0.172. The molecule has 8 heteroatoms. The van der Waals surface area contributed by atoms with Gasteiger partial charge in [0.15, 0.2) is 0 Å². The maximum atomic E-state index is 12.0. The molecule has 1 atom stereocenters. The lowest BCUT2D eigenvalue weighted by atomic mass is 10.0. The molecule has 0 bridgehead atoms. The van der Waals surface area contributed by atoms with E-state index in [-0.39, 0.29) is 12.3 Å². The molecule has 2 N–H and O–H groups in total. The van der Waals surface area contributed by atoms with Crippen molar-refractivity contribution < 1.29 is 14.0 Å². The molecule has 0 radical (unpaired) electrons. The second kappa shape index (κ2) is 5.92. The van der Waals surface area contributed by atoms with Crippen molar-refractivity contribution in [1.29, 1.82) is 0 Å². The predicted octanol–water partition coefficient (Wildman–Crippen LogP) is 0.441. The largest absolute Gasteiger partial charge is 0.341 e. The molecule has 1 saturated heterocycles. The minimum atomic E-state index is -0.860. The number of carbonyl (C=O) groups is 2. The number of alkyl halides is 1. The molecule has 94 valence electrons. The molecule has 1 aliphatic heterocycles. The third-order valence-electron chi connectivity index (χ3n) is 2.31. The Kier molecular flexibility index (Phi) is 4.56. The van der Waals surface area contributed by atoms with Crippen LogP contribution in [-0.4, -0.2) is 36.2 Å². The summed E-state index contributed by atoms with van der Waals surface area (Å²) in [6, 6.07) is -1.27. The summed E-state index contributed by atoms with van der Waals surface area (Å²) in [6.07, 6.45) is 0.639. The number of nitrogens with one attached hydrogen (secondary N) is 2. The molecule has 0 aliphatic carbocycles. The van der Waals surface area contributed by atoms with Gasteiger partial charge >= 0.3 is 6.03 Å².